The zero-order valence-electron chi connectivity index (χ0n) is 28.8. The van der Waals surface area contributed by atoms with Crippen LogP contribution in [-0.2, 0) is 21.3 Å². The summed E-state index contributed by atoms with van der Waals surface area (Å²) in [6.07, 6.45) is 2.05. The molecule has 0 spiro atoms. The topological polar surface area (TPSA) is 89.8 Å². The van der Waals surface area contributed by atoms with Crippen LogP contribution in [0.1, 0.15) is 65.2 Å². The molecule has 5 aromatic rings. The molecule has 0 N–H and O–H groups in total. The number of hydrogen-bond acceptors (Lipinski definition) is 7. The zero-order valence-corrected chi connectivity index (χ0v) is 30.3. The minimum absolute atomic E-state index is 0.0484. The summed E-state index contributed by atoms with van der Waals surface area (Å²) in [7, 11) is 1.91. The molecule has 3 heterocycles. The molecule has 1 aliphatic rings. The summed E-state index contributed by atoms with van der Waals surface area (Å²) in [5.74, 6) is -0.298. The quantitative estimate of drug-likeness (QED) is 0.159. The molecule has 1 aliphatic heterocycles. The van der Waals surface area contributed by atoms with Gasteiger partial charge < -0.3 is 9.47 Å². The van der Waals surface area contributed by atoms with Crippen LogP contribution in [0, 0.1) is 12.3 Å². The molecule has 2 aromatic heterocycles. The van der Waals surface area contributed by atoms with Gasteiger partial charge in [0.25, 0.3) is 0 Å². The van der Waals surface area contributed by atoms with E-state index in [4.69, 9.17) is 26.1 Å². The predicted octanol–water partition coefficient (Wildman–Crippen LogP) is 9.09. The smallest absolute Gasteiger partial charge is 0.330 e. The molecule has 11 heteroatoms. The lowest BCUT2D eigenvalue weighted by molar-refractivity contribution is -0.162. The summed E-state index contributed by atoms with van der Waals surface area (Å²) in [6, 6.07) is 15.6. The minimum atomic E-state index is -0.657. The fourth-order valence-corrected chi connectivity index (χ4v) is 7.33. The van der Waals surface area contributed by atoms with Crippen LogP contribution in [0.4, 0.5) is 15.6 Å². The maximum atomic E-state index is 14.1. The van der Waals surface area contributed by atoms with Crippen LogP contribution in [0.25, 0.3) is 32.2 Å². The molecule has 0 bridgehead atoms. The van der Waals surface area contributed by atoms with E-state index in [2.05, 4.69) is 5.10 Å². The Morgan fingerprint density at radius 2 is 1.73 bits per heavy atom. The number of fused-ring (bicyclic) bond motifs is 2. The maximum Gasteiger partial charge on any atom is 0.330 e. The lowest BCUT2D eigenvalue weighted by Gasteiger charge is -2.34. The van der Waals surface area contributed by atoms with Crippen LogP contribution in [0.15, 0.2) is 54.7 Å². The standard InChI is InChI=1S/C37H42ClN5O4S/c1-22-18-27-32(48-34(40-27)43-17-9-16-42(35(43)45)26-14-15-28-24(19-26)20-39-41(28)8)31(23-10-12-25(38)13-11-23)30(22)29(47-37(5,6)7)21-46-33(44)36(2,3)4/h10-15,18-20,29H,9,16-17,21H2,1-8H3/t29-/m1/s1. The van der Waals surface area contributed by atoms with E-state index >= 15 is 0 Å². The Morgan fingerprint density at radius 1 is 1.02 bits per heavy atom. The number of amides is 2. The van der Waals surface area contributed by atoms with Crippen molar-refractivity contribution in [1.29, 1.82) is 0 Å². The predicted molar refractivity (Wildman–Crippen MR) is 194 cm³/mol. The molecule has 0 unspecified atom stereocenters. The van der Waals surface area contributed by atoms with E-state index in [1.165, 1.54) is 11.3 Å². The Balaban J connectivity index is 1.45. The first-order valence-electron chi connectivity index (χ1n) is 16.2. The number of ether oxygens (including phenoxy) is 2. The Morgan fingerprint density at radius 3 is 2.42 bits per heavy atom. The van der Waals surface area contributed by atoms with Crippen molar-refractivity contribution in [1.82, 2.24) is 14.8 Å². The Kier molecular flexibility index (Phi) is 9.04. The van der Waals surface area contributed by atoms with E-state index in [-0.39, 0.29) is 18.6 Å². The number of hydrogen-bond donors (Lipinski definition) is 0. The highest BCUT2D eigenvalue weighted by atomic mass is 35.5. The largest absolute Gasteiger partial charge is 0.462 e. The fourth-order valence-electron chi connectivity index (χ4n) is 6.06. The van der Waals surface area contributed by atoms with Crippen LogP contribution in [-0.4, -0.2) is 52.1 Å². The van der Waals surface area contributed by atoms with Gasteiger partial charge in [0.05, 0.1) is 32.9 Å². The van der Waals surface area contributed by atoms with Gasteiger partial charge in [0.1, 0.15) is 12.7 Å². The van der Waals surface area contributed by atoms with Crippen molar-refractivity contribution in [2.45, 2.75) is 66.6 Å². The summed E-state index contributed by atoms with van der Waals surface area (Å²) in [6.45, 7) is 14.7. The van der Waals surface area contributed by atoms with Gasteiger partial charge >= 0.3 is 12.0 Å². The number of carbonyl (C=O) groups is 2. The van der Waals surface area contributed by atoms with Crippen molar-refractivity contribution in [3.8, 4) is 11.1 Å². The molecule has 0 saturated carbocycles. The average Bonchev–Trinajstić information content (AvgIpc) is 3.60. The van der Waals surface area contributed by atoms with Crippen LogP contribution in [0.5, 0.6) is 0 Å². The number of thiazole rings is 1. The van der Waals surface area contributed by atoms with Crippen molar-refractivity contribution < 1.29 is 19.1 Å². The van der Waals surface area contributed by atoms with E-state index in [0.717, 1.165) is 55.5 Å². The summed E-state index contributed by atoms with van der Waals surface area (Å²) in [5.41, 5.74) is 5.15. The van der Waals surface area contributed by atoms with Crippen molar-refractivity contribution in [3.63, 3.8) is 0 Å². The van der Waals surface area contributed by atoms with Crippen molar-refractivity contribution in [2.24, 2.45) is 12.5 Å². The highest BCUT2D eigenvalue weighted by Gasteiger charge is 2.33. The van der Waals surface area contributed by atoms with Gasteiger partial charge in [-0.05, 0) is 108 Å². The monoisotopic (exact) mass is 687 g/mol. The summed E-state index contributed by atoms with van der Waals surface area (Å²) >= 11 is 7.82. The van der Waals surface area contributed by atoms with E-state index in [0.29, 0.717) is 23.2 Å². The third-order valence-electron chi connectivity index (χ3n) is 8.34. The van der Waals surface area contributed by atoms with Gasteiger partial charge in [0.15, 0.2) is 5.13 Å². The second-order valence-corrected chi connectivity index (χ2v) is 15.8. The molecule has 3 aromatic carbocycles. The fraction of sp³-hybridized carbons (Fsp3) is 0.405. The highest BCUT2D eigenvalue weighted by Crippen LogP contribution is 2.45. The number of halogens is 1. The van der Waals surface area contributed by atoms with E-state index < -0.39 is 17.1 Å². The highest BCUT2D eigenvalue weighted by molar-refractivity contribution is 7.23. The van der Waals surface area contributed by atoms with Crippen LogP contribution in [0.3, 0.4) is 0 Å². The van der Waals surface area contributed by atoms with E-state index in [9.17, 15) is 9.59 Å². The van der Waals surface area contributed by atoms with Gasteiger partial charge in [0, 0.05) is 41.8 Å². The molecule has 0 radical (unpaired) electrons. The van der Waals surface area contributed by atoms with Gasteiger partial charge in [-0.25, -0.2) is 9.78 Å². The zero-order chi connectivity index (χ0) is 34.5. The van der Waals surface area contributed by atoms with Crippen LogP contribution in [0.2, 0.25) is 5.02 Å². The number of benzene rings is 3. The molecule has 48 heavy (non-hydrogen) atoms. The summed E-state index contributed by atoms with van der Waals surface area (Å²) in [5, 5.41) is 6.59. The van der Waals surface area contributed by atoms with Gasteiger partial charge in [0.2, 0.25) is 0 Å². The molecule has 2 amide bonds. The second kappa shape index (κ2) is 12.8. The molecule has 1 atom stereocenters. The Labute approximate surface area is 290 Å². The number of carbonyl (C=O) groups excluding carboxylic acids is 2. The number of urea groups is 1. The number of rotatable bonds is 7. The second-order valence-electron chi connectivity index (χ2n) is 14.4. The molecule has 252 valence electrons. The van der Waals surface area contributed by atoms with Crippen molar-refractivity contribution in [2.75, 3.05) is 29.5 Å². The van der Waals surface area contributed by atoms with Crippen molar-refractivity contribution in [3.05, 3.63) is 70.9 Å². The molecule has 1 saturated heterocycles. The summed E-state index contributed by atoms with van der Waals surface area (Å²) < 4.78 is 15.3. The number of nitrogens with zero attached hydrogens (tertiary/aromatic N) is 5. The van der Waals surface area contributed by atoms with E-state index in [1.54, 1.807) is 4.90 Å². The molecule has 6 rings (SSSR count). The minimum Gasteiger partial charge on any atom is -0.462 e. The van der Waals surface area contributed by atoms with Gasteiger partial charge in [-0.15, -0.1) is 0 Å². The Hall–Kier alpha value is -3.99. The molecule has 1 fully saturated rings. The first kappa shape index (κ1) is 33.9. The number of aryl methyl sites for hydroxylation is 2. The van der Waals surface area contributed by atoms with Crippen LogP contribution < -0.4 is 9.80 Å². The molecular weight excluding hydrogens is 646 g/mol. The number of anilines is 2. The number of esters is 1. The first-order valence-corrected chi connectivity index (χ1v) is 17.4. The SMILES string of the molecule is Cc1cc2nc(N3CCCN(c4ccc5c(cnn5C)c4)C3=O)sc2c(-c2ccc(Cl)cc2)c1[C@@H](COC(=O)C(C)(C)C)OC(C)(C)C. The van der Waals surface area contributed by atoms with Gasteiger partial charge in [-0.1, -0.05) is 35.1 Å². The van der Waals surface area contributed by atoms with E-state index in [1.807, 2.05) is 120 Å². The Bertz CT molecular complexity index is 2000. The molecular formula is C37H42ClN5O4S. The van der Waals surface area contributed by atoms with Crippen LogP contribution >= 0.6 is 22.9 Å². The van der Waals surface area contributed by atoms with Gasteiger partial charge in [-0.2, -0.15) is 5.10 Å². The third-order valence-corrected chi connectivity index (χ3v) is 9.71. The normalized spacial score (nSPS) is 15.1. The van der Waals surface area contributed by atoms with Gasteiger partial charge in [-0.3, -0.25) is 19.3 Å². The molecule has 9 nitrogen and oxygen atoms in total. The van der Waals surface area contributed by atoms with Crippen molar-refractivity contribution >= 4 is 66.9 Å². The number of aromatic nitrogens is 3. The lowest BCUT2D eigenvalue weighted by atomic mass is 9.91. The maximum absolute atomic E-state index is 14.1. The first-order chi connectivity index (χ1) is 22.6. The lowest BCUT2D eigenvalue weighted by Crippen LogP contribution is -2.49. The average molecular weight is 688 g/mol. The third kappa shape index (κ3) is 6.79. The molecule has 0 aliphatic carbocycles. The summed E-state index contributed by atoms with van der Waals surface area (Å²) in [4.78, 5) is 35.6.